The van der Waals surface area contributed by atoms with Gasteiger partial charge in [-0.2, -0.15) is 0 Å². The Kier molecular flexibility index (Phi) is 3.70. The molecule has 1 saturated heterocycles. The summed E-state index contributed by atoms with van der Waals surface area (Å²) in [5, 5.41) is 13.3. The van der Waals surface area contributed by atoms with Gasteiger partial charge in [0.1, 0.15) is 5.82 Å². The molecule has 0 radical (unpaired) electrons. The molecule has 0 aliphatic carbocycles. The van der Waals surface area contributed by atoms with E-state index in [0.29, 0.717) is 17.9 Å². The lowest BCUT2D eigenvalue weighted by molar-refractivity contribution is 0.0232. The first kappa shape index (κ1) is 13.8. The molecule has 1 fully saturated rings. The predicted molar refractivity (Wildman–Crippen MR) is 78.6 cm³/mol. The molecule has 1 aliphatic rings. The number of para-hydroxylation sites is 1. The molecule has 3 rings (SSSR count). The summed E-state index contributed by atoms with van der Waals surface area (Å²) in [6.07, 6.45) is 1.95. The van der Waals surface area contributed by atoms with Gasteiger partial charge in [0.15, 0.2) is 0 Å². The number of nitrogens with one attached hydrogen (secondary N) is 1. The Morgan fingerprint density at radius 3 is 2.95 bits per heavy atom. The number of rotatable bonds is 3. The molecule has 6 nitrogen and oxygen atoms in total. The second kappa shape index (κ2) is 5.65. The first-order valence-electron chi connectivity index (χ1n) is 7.01. The zero-order valence-corrected chi connectivity index (χ0v) is 11.7. The number of carboxylic acid groups (broad SMARTS) is 1. The summed E-state index contributed by atoms with van der Waals surface area (Å²) < 4.78 is 5.53. The Morgan fingerprint density at radius 1 is 1.38 bits per heavy atom. The van der Waals surface area contributed by atoms with E-state index in [1.807, 2.05) is 25.1 Å². The lowest BCUT2D eigenvalue weighted by atomic mass is 10.0. The van der Waals surface area contributed by atoms with Crippen LogP contribution >= 0.6 is 0 Å². The number of fused-ring (bicyclic) bond motifs is 1. The second-order valence-electron chi connectivity index (χ2n) is 5.27. The standard InChI is InChI=1S/C15H17N3O3/c1-9-8-10(6-7-21-9)16-13-11-4-2-3-5-12(11)17-14(18-13)15(19)20/h2-5,9-10H,6-8H2,1H3,(H,19,20)(H,16,17,18). The molecule has 1 aliphatic heterocycles. The van der Waals surface area contributed by atoms with Crippen LogP contribution in [0.4, 0.5) is 5.82 Å². The highest BCUT2D eigenvalue weighted by Gasteiger charge is 2.21. The fourth-order valence-corrected chi connectivity index (χ4v) is 2.60. The smallest absolute Gasteiger partial charge is 0.374 e. The third-order valence-electron chi connectivity index (χ3n) is 3.62. The van der Waals surface area contributed by atoms with E-state index in [9.17, 15) is 4.79 Å². The highest BCUT2D eigenvalue weighted by Crippen LogP contribution is 2.24. The van der Waals surface area contributed by atoms with E-state index in [1.165, 1.54) is 0 Å². The number of aromatic nitrogens is 2. The molecule has 2 heterocycles. The van der Waals surface area contributed by atoms with Crippen molar-refractivity contribution in [1.82, 2.24) is 9.97 Å². The Hall–Kier alpha value is -2.21. The number of carbonyl (C=O) groups is 1. The minimum atomic E-state index is -1.12. The molecule has 1 aromatic carbocycles. The van der Waals surface area contributed by atoms with Crippen molar-refractivity contribution in [3.8, 4) is 0 Å². The molecular weight excluding hydrogens is 270 g/mol. The lowest BCUT2D eigenvalue weighted by Crippen LogP contribution is -2.33. The number of ether oxygens (including phenoxy) is 1. The normalized spacial score (nSPS) is 22.1. The number of hydrogen-bond donors (Lipinski definition) is 2. The van der Waals surface area contributed by atoms with Crippen LogP contribution in [0.25, 0.3) is 10.9 Å². The van der Waals surface area contributed by atoms with Crippen LogP contribution in [0.1, 0.15) is 30.4 Å². The highest BCUT2D eigenvalue weighted by atomic mass is 16.5. The largest absolute Gasteiger partial charge is 0.475 e. The van der Waals surface area contributed by atoms with Crippen molar-refractivity contribution in [2.24, 2.45) is 0 Å². The zero-order chi connectivity index (χ0) is 14.8. The molecule has 1 aromatic heterocycles. The van der Waals surface area contributed by atoms with Crippen molar-refractivity contribution >= 4 is 22.7 Å². The Bertz CT molecular complexity index is 674. The van der Waals surface area contributed by atoms with Crippen LogP contribution in [0, 0.1) is 0 Å². The van der Waals surface area contributed by atoms with Crippen LogP contribution < -0.4 is 5.32 Å². The Morgan fingerprint density at radius 2 is 2.19 bits per heavy atom. The number of carboxylic acids is 1. The van der Waals surface area contributed by atoms with E-state index in [4.69, 9.17) is 9.84 Å². The Balaban J connectivity index is 1.97. The highest BCUT2D eigenvalue weighted by molar-refractivity contribution is 5.93. The first-order valence-corrected chi connectivity index (χ1v) is 7.01. The molecule has 110 valence electrons. The summed E-state index contributed by atoms with van der Waals surface area (Å²) in [4.78, 5) is 19.4. The van der Waals surface area contributed by atoms with Crippen molar-refractivity contribution in [2.75, 3.05) is 11.9 Å². The first-order chi connectivity index (χ1) is 10.1. The van der Waals surface area contributed by atoms with Crippen LogP contribution in [0.3, 0.4) is 0 Å². The Labute approximate surface area is 122 Å². The molecule has 0 spiro atoms. The van der Waals surface area contributed by atoms with E-state index in [0.717, 1.165) is 18.2 Å². The van der Waals surface area contributed by atoms with Crippen LogP contribution in [-0.4, -0.2) is 39.8 Å². The van der Waals surface area contributed by atoms with Crippen molar-refractivity contribution in [1.29, 1.82) is 0 Å². The number of aromatic carboxylic acids is 1. The third kappa shape index (κ3) is 2.95. The van der Waals surface area contributed by atoms with Crippen molar-refractivity contribution in [2.45, 2.75) is 31.9 Å². The molecule has 2 unspecified atom stereocenters. The summed E-state index contributed by atoms with van der Waals surface area (Å²) in [6, 6.07) is 7.65. The van der Waals surface area contributed by atoms with Gasteiger partial charge >= 0.3 is 5.97 Å². The zero-order valence-electron chi connectivity index (χ0n) is 11.7. The van der Waals surface area contributed by atoms with Crippen molar-refractivity contribution < 1.29 is 14.6 Å². The van der Waals surface area contributed by atoms with Crippen molar-refractivity contribution in [3.05, 3.63) is 30.1 Å². The molecular formula is C15H17N3O3. The van der Waals surface area contributed by atoms with Crippen LogP contribution in [-0.2, 0) is 4.74 Å². The number of nitrogens with zero attached hydrogens (tertiary/aromatic N) is 2. The van der Waals surface area contributed by atoms with Crippen LogP contribution in [0.15, 0.2) is 24.3 Å². The van der Waals surface area contributed by atoms with Gasteiger partial charge in [-0.1, -0.05) is 12.1 Å². The fraction of sp³-hybridized carbons (Fsp3) is 0.400. The monoisotopic (exact) mass is 287 g/mol. The SMILES string of the molecule is CC1CC(Nc2nc(C(=O)O)nc3ccccc23)CCO1. The van der Waals surface area contributed by atoms with Gasteiger partial charge in [0, 0.05) is 18.0 Å². The van der Waals surface area contributed by atoms with Crippen LogP contribution in [0.2, 0.25) is 0 Å². The third-order valence-corrected chi connectivity index (χ3v) is 3.62. The van der Waals surface area contributed by atoms with E-state index in [2.05, 4.69) is 15.3 Å². The van der Waals surface area contributed by atoms with E-state index < -0.39 is 5.97 Å². The summed E-state index contributed by atoms with van der Waals surface area (Å²) in [5.41, 5.74) is 0.632. The lowest BCUT2D eigenvalue weighted by Gasteiger charge is -2.28. The van der Waals surface area contributed by atoms with Gasteiger partial charge in [0.2, 0.25) is 5.82 Å². The summed E-state index contributed by atoms with van der Waals surface area (Å²) in [5.74, 6) is -0.724. The van der Waals surface area contributed by atoms with Crippen LogP contribution in [0.5, 0.6) is 0 Å². The number of hydrogen-bond acceptors (Lipinski definition) is 5. The second-order valence-corrected chi connectivity index (χ2v) is 5.27. The topological polar surface area (TPSA) is 84.3 Å². The average Bonchev–Trinajstić information content (AvgIpc) is 2.47. The van der Waals surface area contributed by atoms with Gasteiger partial charge in [-0.25, -0.2) is 14.8 Å². The maximum Gasteiger partial charge on any atom is 0.374 e. The average molecular weight is 287 g/mol. The van der Waals surface area contributed by atoms with Gasteiger partial charge in [0.25, 0.3) is 0 Å². The summed E-state index contributed by atoms with van der Waals surface area (Å²) >= 11 is 0. The number of anilines is 1. The molecule has 2 N–H and O–H groups in total. The summed E-state index contributed by atoms with van der Waals surface area (Å²) in [6.45, 7) is 2.74. The fourth-order valence-electron chi connectivity index (χ4n) is 2.60. The molecule has 0 saturated carbocycles. The van der Waals surface area contributed by atoms with Gasteiger partial charge in [-0.15, -0.1) is 0 Å². The molecule has 0 bridgehead atoms. The van der Waals surface area contributed by atoms with E-state index >= 15 is 0 Å². The van der Waals surface area contributed by atoms with Gasteiger partial charge < -0.3 is 15.2 Å². The molecule has 6 heteroatoms. The van der Waals surface area contributed by atoms with Gasteiger partial charge in [-0.05, 0) is 31.9 Å². The maximum atomic E-state index is 11.2. The maximum absolute atomic E-state index is 11.2. The quantitative estimate of drug-likeness (QED) is 0.901. The van der Waals surface area contributed by atoms with E-state index in [-0.39, 0.29) is 18.0 Å². The van der Waals surface area contributed by atoms with Gasteiger partial charge in [-0.3, -0.25) is 0 Å². The molecule has 21 heavy (non-hydrogen) atoms. The molecule has 2 atom stereocenters. The van der Waals surface area contributed by atoms with Crippen molar-refractivity contribution in [3.63, 3.8) is 0 Å². The number of benzene rings is 1. The minimum Gasteiger partial charge on any atom is -0.475 e. The molecule has 0 amide bonds. The van der Waals surface area contributed by atoms with E-state index in [1.54, 1.807) is 6.07 Å². The van der Waals surface area contributed by atoms with Gasteiger partial charge in [0.05, 0.1) is 11.6 Å². The summed E-state index contributed by atoms with van der Waals surface area (Å²) in [7, 11) is 0. The predicted octanol–water partition coefficient (Wildman–Crippen LogP) is 2.31. The minimum absolute atomic E-state index is 0.184. The molecule has 2 aromatic rings.